The molecule has 0 radical (unpaired) electrons. The lowest BCUT2D eigenvalue weighted by Crippen LogP contribution is -2.62. The zero-order valence-corrected chi connectivity index (χ0v) is 21.0. The summed E-state index contributed by atoms with van der Waals surface area (Å²) in [7, 11) is 3.30. The molecule has 1 saturated heterocycles. The Morgan fingerprint density at radius 1 is 1.41 bits per heavy atom. The normalized spacial score (nSPS) is 35.5. The third-order valence-electron chi connectivity index (χ3n) is 8.98. The van der Waals surface area contributed by atoms with Crippen molar-refractivity contribution in [2.24, 2.45) is 29.1 Å². The lowest BCUT2D eigenvalue weighted by atomic mass is 9.45. The molecular formula is C25H38BFN2O5. The highest BCUT2D eigenvalue weighted by Gasteiger charge is 2.57. The largest absolute Gasteiger partial charge is 0.497 e. The maximum absolute atomic E-state index is 14.8. The second-order valence-corrected chi connectivity index (χ2v) is 11.1. The summed E-state index contributed by atoms with van der Waals surface area (Å²) in [5.74, 6) is 0.502. The number of carbonyl (C=O) groups excluding carboxylic acids is 1. The lowest BCUT2D eigenvalue weighted by molar-refractivity contribution is -0.183. The molecule has 0 aromatic heterocycles. The van der Waals surface area contributed by atoms with Crippen LogP contribution in [0.3, 0.4) is 0 Å². The van der Waals surface area contributed by atoms with Crippen LogP contribution in [0.2, 0.25) is 0 Å². The molecule has 4 fully saturated rings. The fourth-order valence-corrected chi connectivity index (χ4v) is 6.79. The molecule has 3 saturated carbocycles. The van der Waals surface area contributed by atoms with Crippen molar-refractivity contribution in [1.82, 2.24) is 10.4 Å². The number of aliphatic hydroxyl groups excluding tert-OH is 2. The van der Waals surface area contributed by atoms with E-state index in [4.69, 9.17) is 9.57 Å². The first-order valence-electron chi connectivity index (χ1n) is 12.4. The van der Waals surface area contributed by atoms with Gasteiger partial charge in [0.25, 0.3) is 0 Å². The van der Waals surface area contributed by atoms with Gasteiger partial charge in [0.2, 0.25) is 5.91 Å². The van der Waals surface area contributed by atoms with Crippen LogP contribution in [0.1, 0.15) is 46.1 Å². The number of nitrogens with zero attached hydrogens (tertiary/aromatic N) is 1. The zero-order valence-electron chi connectivity index (χ0n) is 21.0. The zero-order chi connectivity index (χ0) is 24.9. The third kappa shape index (κ3) is 4.14. The topological polar surface area (TPSA) is 91.3 Å². The Labute approximate surface area is 202 Å². The van der Waals surface area contributed by atoms with Crippen LogP contribution in [0.25, 0.3) is 0 Å². The molecule has 0 spiro atoms. The number of halogens is 1. The summed E-state index contributed by atoms with van der Waals surface area (Å²) < 4.78 is 20.3. The van der Waals surface area contributed by atoms with Crippen LogP contribution < -0.4 is 15.5 Å². The predicted octanol–water partition coefficient (Wildman–Crippen LogP) is 0.753. The van der Waals surface area contributed by atoms with E-state index >= 15 is 0 Å². The molecule has 2 bridgehead atoms. The standard InChI is InChI=1S/C25H38BFN2O5/c1-12-16-8-14(25(16,3)4)9-19(12)28-24(32)22-21(13(2)31)20(11-30)34-29(22)10-15-18(27)7-6-17(26)23(15)33-5/h6-7,12-14,16,19-22,30-31H,8-11,26H2,1-5H3,(H,28,32)/t12-,13-,14+,16?,19-,20-,21+,22?/m0/s1. The quantitative estimate of drug-likeness (QED) is 0.504. The first kappa shape index (κ1) is 25.4. The molecule has 1 heterocycles. The van der Waals surface area contributed by atoms with E-state index in [1.165, 1.54) is 24.7 Å². The highest BCUT2D eigenvalue weighted by atomic mass is 19.1. The molecule has 3 N–H and O–H groups in total. The Morgan fingerprint density at radius 3 is 2.68 bits per heavy atom. The highest BCUT2D eigenvalue weighted by Crippen LogP contribution is 2.61. The molecule has 34 heavy (non-hydrogen) atoms. The molecule has 9 heteroatoms. The van der Waals surface area contributed by atoms with Gasteiger partial charge in [0.05, 0.1) is 26.4 Å². The van der Waals surface area contributed by atoms with Crippen molar-refractivity contribution in [2.45, 2.75) is 71.4 Å². The van der Waals surface area contributed by atoms with E-state index in [9.17, 15) is 19.4 Å². The number of nitrogens with one attached hydrogen (secondary N) is 1. The SMILES string of the molecule is Bc1ccc(F)c(CN2O[C@@H](CO)[C@@H]([C@H](C)O)C2C(=O)N[C@H]2C[C@H]3CC([C@@H]2C)C3(C)C)c1OC. The fraction of sp³-hybridized carbons (Fsp3) is 0.720. The fourth-order valence-electron chi connectivity index (χ4n) is 6.79. The maximum atomic E-state index is 14.8. The molecular weight excluding hydrogens is 438 g/mol. The Balaban J connectivity index is 1.60. The Morgan fingerprint density at radius 2 is 2.12 bits per heavy atom. The number of hydroxylamine groups is 2. The minimum absolute atomic E-state index is 0.0409. The number of aliphatic hydroxyl groups is 2. The monoisotopic (exact) mass is 476 g/mol. The van der Waals surface area contributed by atoms with Crippen LogP contribution in [0.15, 0.2) is 12.1 Å². The molecule has 188 valence electrons. The summed E-state index contributed by atoms with van der Waals surface area (Å²) in [4.78, 5) is 19.6. The second kappa shape index (κ2) is 9.41. The van der Waals surface area contributed by atoms with Crippen LogP contribution in [0, 0.1) is 34.9 Å². The number of hydrogen-bond acceptors (Lipinski definition) is 6. The van der Waals surface area contributed by atoms with E-state index in [0.29, 0.717) is 28.9 Å². The molecule has 1 amide bonds. The number of amides is 1. The van der Waals surface area contributed by atoms with E-state index in [0.717, 1.165) is 11.9 Å². The van der Waals surface area contributed by atoms with Crippen LogP contribution in [-0.4, -0.2) is 67.0 Å². The highest BCUT2D eigenvalue weighted by molar-refractivity contribution is 6.34. The first-order chi connectivity index (χ1) is 16.0. The molecule has 2 unspecified atom stereocenters. The number of methoxy groups -OCH3 is 1. The molecule has 1 aliphatic heterocycles. The summed E-state index contributed by atoms with van der Waals surface area (Å²) in [6.45, 7) is 8.01. The average molecular weight is 476 g/mol. The Hall–Kier alpha value is -1.68. The van der Waals surface area contributed by atoms with Gasteiger partial charge in [-0.25, -0.2) is 4.39 Å². The van der Waals surface area contributed by atoms with Crippen LogP contribution in [0.5, 0.6) is 5.75 Å². The second-order valence-electron chi connectivity index (χ2n) is 11.1. The Bertz CT molecular complexity index is 929. The minimum atomic E-state index is -0.904. The van der Waals surface area contributed by atoms with E-state index in [1.54, 1.807) is 13.0 Å². The van der Waals surface area contributed by atoms with Gasteiger partial charge >= 0.3 is 0 Å². The van der Waals surface area contributed by atoms with Gasteiger partial charge in [-0.2, -0.15) is 5.06 Å². The van der Waals surface area contributed by atoms with Crippen molar-refractivity contribution in [3.63, 3.8) is 0 Å². The number of rotatable bonds is 7. The van der Waals surface area contributed by atoms with Crippen LogP contribution in [0.4, 0.5) is 4.39 Å². The van der Waals surface area contributed by atoms with Gasteiger partial charge < -0.3 is 20.3 Å². The number of benzene rings is 1. The van der Waals surface area contributed by atoms with Crippen molar-refractivity contribution >= 4 is 19.2 Å². The van der Waals surface area contributed by atoms with Gasteiger partial charge in [-0.3, -0.25) is 9.63 Å². The summed E-state index contributed by atoms with van der Waals surface area (Å²) in [6.07, 6.45) is 0.450. The van der Waals surface area contributed by atoms with Crippen molar-refractivity contribution in [3.05, 3.63) is 23.5 Å². The molecule has 4 aliphatic rings. The smallest absolute Gasteiger partial charge is 0.240 e. The first-order valence-corrected chi connectivity index (χ1v) is 12.4. The summed E-state index contributed by atoms with van der Waals surface area (Å²) in [5, 5.41) is 25.1. The van der Waals surface area contributed by atoms with Gasteiger partial charge in [0.1, 0.15) is 31.6 Å². The van der Waals surface area contributed by atoms with Gasteiger partial charge in [-0.05, 0) is 54.5 Å². The van der Waals surface area contributed by atoms with Gasteiger partial charge in [0, 0.05) is 17.5 Å². The number of hydrogen-bond donors (Lipinski definition) is 3. The minimum Gasteiger partial charge on any atom is -0.497 e. The average Bonchev–Trinajstić information content (AvgIpc) is 3.16. The molecule has 5 rings (SSSR count). The maximum Gasteiger partial charge on any atom is 0.240 e. The predicted molar refractivity (Wildman–Crippen MR) is 129 cm³/mol. The number of carbonyl (C=O) groups is 1. The summed E-state index contributed by atoms with van der Waals surface area (Å²) >= 11 is 0. The molecule has 1 aromatic carbocycles. The van der Waals surface area contributed by atoms with Gasteiger partial charge in [-0.15, -0.1) is 0 Å². The van der Waals surface area contributed by atoms with E-state index in [2.05, 4.69) is 26.1 Å². The van der Waals surface area contributed by atoms with Crippen LogP contribution >= 0.6 is 0 Å². The molecule has 8 atom stereocenters. The summed E-state index contributed by atoms with van der Waals surface area (Å²) in [5.41, 5.74) is 1.34. The van der Waals surface area contributed by atoms with E-state index < -0.39 is 30.0 Å². The number of ether oxygens (including phenoxy) is 1. The van der Waals surface area contributed by atoms with Crippen molar-refractivity contribution in [2.75, 3.05) is 13.7 Å². The van der Waals surface area contributed by atoms with Crippen molar-refractivity contribution < 1.29 is 29.0 Å². The third-order valence-corrected chi connectivity index (χ3v) is 8.98. The van der Waals surface area contributed by atoms with Crippen molar-refractivity contribution in [3.8, 4) is 5.75 Å². The molecule has 1 aromatic rings. The van der Waals surface area contributed by atoms with Crippen molar-refractivity contribution in [1.29, 1.82) is 0 Å². The van der Waals surface area contributed by atoms with Crippen LogP contribution in [-0.2, 0) is 16.2 Å². The van der Waals surface area contributed by atoms with E-state index in [-0.39, 0.29) is 30.7 Å². The summed E-state index contributed by atoms with van der Waals surface area (Å²) in [6, 6.07) is 2.17. The van der Waals surface area contributed by atoms with E-state index in [1.807, 2.05) is 7.85 Å². The Kier molecular flexibility index (Phi) is 7.04. The molecule has 7 nitrogen and oxygen atoms in total. The lowest BCUT2D eigenvalue weighted by Gasteiger charge is -2.62. The van der Waals surface area contributed by atoms with Gasteiger partial charge in [0.15, 0.2) is 0 Å². The number of fused-ring (bicyclic) bond motifs is 2. The molecule has 3 aliphatic carbocycles. The van der Waals surface area contributed by atoms with Gasteiger partial charge in [-0.1, -0.05) is 26.8 Å².